The average molecular weight is 508 g/mol. The Labute approximate surface area is 215 Å². The number of likely N-dealkylation sites (N-methyl/N-ethyl adjacent to an activating group) is 2. The molecule has 0 radical (unpaired) electrons. The molecule has 0 atom stereocenters. The van der Waals surface area contributed by atoms with Crippen molar-refractivity contribution in [3.63, 3.8) is 0 Å². The maximum absolute atomic E-state index is 13.9. The second-order valence-corrected chi connectivity index (χ2v) is 9.70. The summed E-state index contributed by atoms with van der Waals surface area (Å²) in [5, 5.41) is 1.38. The van der Waals surface area contributed by atoms with Crippen molar-refractivity contribution in [3.8, 4) is 11.5 Å². The van der Waals surface area contributed by atoms with Gasteiger partial charge in [-0.3, -0.25) is 9.59 Å². The molecule has 2 aromatic heterocycles. The third kappa shape index (κ3) is 4.83. The molecule has 1 amide bonds. The van der Waals surface area contributed by atoms with Gasteiger partial charge in [0.1, 0.15) is 16.0 Å². The molecule has 0 aliphatic carbocycles. The zero-order valence-corrected chi connectivity index (χ0v) is 22.4. The number of carbonyl (C=O) groups is 1. The van der Waals surface area contributed by atoms with Crippen LogP contribution in [0.3, 0.4) is 0 Å². The molecule has 0 unspecified atom stereocenters. The highest BCUT2D eigenvalue weighted by Gasteiger charge is 2.26. The van der Waals surface area contributed by atoms with Crippen LogP contribution in [0.5, 0.6) is 11.5 Å². The summed E-state index contributed by atoms with van der Waals surface area (Å²) in [6.07, 6.45) is 0. The fraction of sp³-hybridized carbons (Fsp3) is 0.357. The number of hydrogen-bond acceptors (Lipinski definition) is 6. The Morgan fingerprint density at radius 2 is 1.67 bits per heavy atom. The smallest absolute Gasteiger partial charge is 0.267 e. The topological polar surface area (TPSA) is 64.0 Å². The molecule has 8 heteroatoms. The lowest BCUT2D eigenvalue weighted by Crippen LogP contribution is -2.36. The summed E-state index contributed by atoms with van der Waals surface area (Å²) in [5.74, 6) is 0.985. The molecule has 0 N–H and O–H groups in total. The second-order valence-electron chi connectivity index (χ2n) is 8.68. The quantitative estimate of drug-likeness (QED) is 0.312. The van der Waals surface area contributed by atoms with Crippen LogP contribution < -0.4 is 15.0 Å². The summed E-state index contributed by atoms with van der Waals surface area (Å²) in [6, 6.07) is 15.5. The van der Waals surface area contributed by atoms with Gasteiger partial charge in [-0.2, -0.15) is 0 Å². The summed E-state index contributed by atoms with van der Waals surface area (Å²) < 4.78 is 13.5. The van der Waals surface area contributed by atoms with Crippen LogP contribution in [0.15, 0.2) is 53.3 Å². The number of ether oxygens (including phenoxy) is 2. The van der Waals surface area contributed by atoms with E-state index in [0.717, 1.165) is 46.6 Å². The molecule has 0 bridgehead atoms. The standard InChI is InChI=1S/C28H33N3O4S/c1-6-30(7-2)17-16-29(3)28(33)26-24(35-5)23-25(36-26)21-10-8-9-11-22(21)31(27(23)32)18-19-12-14-20(34-4)15-13-19/h8-15H,6-7,16-18H2,1-5H3. The van der Waals surface area contributed by atoms with E-state index in [1.807, 2.05) is 48.5 Å². The Balaban J connectivity index is 1.82. The molecule has 190 valence electrons. The Bertz CT molecular complexity index is 1420. The van der Waals surface area contributed by atoms with E-state index in [9.17, 15) is 9.59 Å². The molecule has 0 saturated carbocycles. The van der Waals surface area contributed by atoms with Gasteiger partial charge in [0.15, 0.2) is 5.75 Å². The molecule has 0 saturated heterocycles. The van der Waals surface area contributed by atoms with E-state index in [1.54, 1.807) is 23.6 Å². The lowest BCUT2D eigenvalue weighted by molar-refractivity contribution is 0.0781. The first-order valence-corrected chi connectivity index (χ1v) is 13.0. The number of benzene rings is 2. The van der Waals surface area contributed by atoms with E-state index in [2.05, 4.69) is 18.7 Å². The molecular formula is C28H33N3O4S. The molecule has 0 fully saturated rings. The molecule has 7 nitrogen and oxygen atoms in total. The predicted molar refractivity (Wildman–Crippen MR) is 147 cm³/mol. The third-order valence-electron chi connectivity index (χ3n) is 6.65. The molecule has 4 rings (SSSR count). The number of aromatic nitrogens is 1. The zero-order valence-electron chi connectivity index (χ0n) is 21.5. The van der Waals surface area contributed by atoms with Crippen LogP contribution >= 0.6 is 11.3 Å². The van der Waals surface area contributed by atoms with Gasteiger partial charge < -0.3 is 23.8 Å². The van der Waals surface area contributed by atoms with Crippen molar-refractivity contribution in [2.24, 2.45) is 0 Å². The number of thiophene rings is 1. The summed E-state index contributed by atoms with van der Waals surface area (Å²) in [4.78, 5) is 31.8. The van der Waals surface area contributed by atoms with Gasteiger partial charge in [-0.05, 0) is 36.9 Å². The summed E-state index contributed by atoms with van der Waals surface area (Å²) in [6.45, 7) is 7.88. The van der Waals surface area contributed by atoms with Crippen molar-refractivity contribution in [2.75, 3.05) is 47.4 Å². The third-order valence-corrected chi connectivity index (χ3v) is 7.85. The Morgan fingerprint density at radius 1 is 0.972 bits per heavy atom. The molecule has 2 heterocycles. The van der Waals surface area contributed by atoms with Crippen LogP contribution in [-0.4, -0.2) is 67.7 Å². The lowest BCUT2D eigenvalue weighted by Gasteiger charge is -2.23. The largest absolute Gasteiger partial charge is 0.497 e. The van der Waals surface area contributed by atoms with E-state index in [0.29, 0.717) is 29.1 Å². The van der Waals surface area contributed by atoms with Gasteiger partial charge in [-0.1, -0.05) is 44.2 Å². The Morgan fingerprint density at radius 3 is 2.31 bits per heavy atom. The van der Waals surface area contributed by atoms with Gasteiger partial charge in [0.25, 0.3) is 11.5 Å². The maximum Gasteiger partial charge on any atom is 0.267 e. The number of rotatable bonds is 10. The van der Waals surface area contributed by atoms with Gasteiger partial charge in [0.2, 0.25) is 0 Å². The van der Waals surface area contributed by atoms with Crippen LogP contribution in [0.1, 0.15) is 29.1 Å². The van der Waals surface area contributed by atoms with E-state index >= 15 is 0 Å². The van der Waals surface area contributed by atoms with Crippen LogP contribution in [0.4, 0.5) is 0 Å². The van der Waals surface area contributed by atoms with E-state index in [-0.39, 0.29) is 11.5 Å². The molecule has 0 aliphatic heterocycles. The highest BCUT2D eigenvalue weighted by atomic mass is 32.1. The van der Waals surface area contributed by atoms with E-state index in [1.165, 1.54) is 18.4 Å². The summed E-state index contributed by atoms with van der Waals surface area (Å²) >= 11 is 1.33. The highest BCUT2D eigenvalue weighted by Crippen LogP contribution is 2.40. The lowest BCUT2D eigenvalue weighted by atomic mass is 10.1. The van der Waals surface area contributed by atoms with Crippen LogP contribution in [0.25, 0.3) is 21.0 Å². The van der Waals surface area contributed by atoms with E-state index in [4.69, 9.17) is 9.47 Å². The van der Waals surface area contributed by atoms with Crippen molar-refractivity contribution in [2.45, 2.75) is 20.4 Å². The molecule has 0 spiro atoms. The van der Waals surface area contributed by atoms with Gasteiger partial charge in [0, 0.05) is 25.5 Å². The Kier molecular flexibility index (Phi) is 7.96. The van der Waals surface area contributed by atoms with Crippen molar-refractivity contribution >= 4 is 38.2 Å². The first-order chi connectivity index (χ1) is 17.4. The predicted octanol–water partition coefficient (Wildman–Crippen LogP) is 4.70. The Hall–Kier alpha value is -3.36. The second kappa shape index (κ2) is 11.1. The summed E-state index contributed by atoms with van der Waals surface area (Å²) in [7, 11) is 4.95. The van der Waals surface area contributed by atoms with Crippen molar-refractivity contribution < 1.29 is 14.3 Å². The van der Waals surface area contributed by atoms with Crippen LogP contribution in [-0.2, 0) is 6.54 Å². The SMILES string of the molecule is CCN(CC)CCN(C)C(=O)c1sc2c(c1OC)c(=O)n(Cc1ccc(OC)cc1)c1ccccc21. The van der Waals surface area contributed by atoms with Crippen LogP contribution in [0.2, 0.25) is 0 Å². The number of fused-ring (bicyclic) bond motifs is 3. The monoisotopic (exact) mass is 507 g/mol. The minimum Gasteiger partial charge on any atom is -0.497 e. The average Bonchev–Trinajstić information content (AvgIpc) is 3.31. The van der Waals surface area contributed by atoms with Crippen molar-refractivity contribution in [3.05, 3.63) is 69.3 Å². The molecule has 2 aromatic carbocycles. The zero-order chi connectivity index (χ0) is 25.8. The number of pyridine rings is 1. The first kappa shape index (κ1) is 25.7. The molecule has 36 heavy (non-hydrogen) atoms. The number of para-hydroxylation sites is 1. The van der Waals surface area contributed by atoms with Crippen molar-refractivity contribution in [1.29, 1.82) is 0 Å². The number of nitrogens with zero attached hydrogens (tertiary/aromatic N) is 3. The number of amides is 1. The first-order valence-electron chi connectivity index (χ1n) is 12.2. The minimum absolute atomic E-state index is 0.134. The fourth-order valence-electron chi connectivity index (χ4n) is 4.46. The van der Waals surface area contributed by atoms with Gasteiger partial charge >= 0.3 is 0 Å². The fourth-order valence-corrected chi connectivity index (χ4v) is 5.75. The normalized spacial score (nSPS) is 11.4. The number of methoxy groups -OCH3 is 2. The van der Waals surface area contributed by atoms with Gasteiger partial charge in [0.05, 0.1) is 31.0 Å². The molecule has 0 aliphatic rings. The molecule has 4 aromatic rings. The molecular weight excluding hydrogens is 474 g/mol. The van der Waals surface area contributed by atoms with E-state index < -0.39 is 0 Å². The maximum atomic E-state index is 13.9. The number of hydrogen-bond donors (Lipinski definition) is 0. The van der Waals surface area contributed by atoms with Crippen molar-refractivity contribution in [1.82, 2.24) is 14.4 Å². The van der Waals surface area contributed by atoms with Gasteiger partial charge in [-0.15, -0.1) is 11.3 Å². The minimum atomic E-state index is -0.169. The van der Waals surface area contributed by atoms with Crippen LogP contribution in [0, 0.1) is 0 Å². The highest BCUT2D eigenvalue weighted by molar-refractivity contribution is 7.22. The number of carbonyl (C=O) groups excluding carboxylic acids is 1. The summed E-state index contributed by atoms with van der Waals surface area (Å²) in [5.41, 5.74) is 1.63. The van der Waals surface area contributed by atoms with Gasteiger partial charge in [-0.25, -0.2) is 0 Å².